The van der Waals surface area contributed by atoms with Gasteiger partial charge in [-0.1, -0.05) is 60.1 Å². The number of carbonyl (C=O) groups is 11. The molecule has 1 saturated heterocycles. The number of primary amides is 1. The molecular formula is C47H70N6O12. The molecule has 0 bridgehead atoms. The molecule has 2 rings (SSSR count). The van der Waals surface area contributed by atoms with Gasteiger partial charge in [0.1, 0.15) is 11.5 Å². The molecule has 360 valence electrons. The summed E-state index contributed by atoms with van der Waals surface area (Å²) in [6.07, 6.45) is -2.01. The molecule has 7 N–H and O–H groups in total. The summed E-state index contributed by atoms with van der Waals surface area (Å²) in [7, 11) is 1.32. The molecule has 65 heavy (non-hydrogen) atoms. The number of nitrogens with one attached hydrogen (secondary N) is 4. The summed E-state index contributed by atoms with van der Waals surface area (Å²) in [5.74, 6) is -11.7. The van der Waals surface area contributed by atoms with Crippen LogP contribution in [0, 0.1) is 41.4 Å². The highest BCUT2D eigenvalue weighted by molar-refractivity contribution is 5.99. The first-order chi connectivity index (χ1) is 30.4. The fraction of sp³-hybridized carbons (Fsp3) is 0.638. The molecule has 1 aromatic rings. The molecule has 0 radical (unpaired) electrons. The van der Waals surface area contributed by atoms with E-state index in [0.29, 0.717) is 18.4 Å². The van der Waals surface area contributed by atoms with E-state index in [1.807, 2.05) is 20.8 Å². The highest BCUT2D eigenvalue weighted by Crippen LogP contribution is 2.24. The van der Waals surface area contributed by atoms with E-state index < -0.39 is 132 Å². The van der Waals surface area contributed by atoms with Gasteiger partial charge in [0.05, 0.1) is 38.1 Å². The number of nitrogens with zero attached hydrogens (tertiary/aromatic N) is 1. The van der Waals surface area contributed by atoms with Gasteiger partial charge in [0.25, 0.3) is 0 Å². The number of ketones is 5. The number of carbonyl (C=O) groups excluding carboxylic acids is 11. The average Bonchev–Trinajstić information content (AvgIpc) is 3.22. The molecule has 1 heterocycles. The molecule has 0 spiro atoms. The third-order valence-electron chi connectivity index (χ3n) is 11.7. The van der Waals surface area contributed by atoms with Crippen molar-refractivity contribution in [1.82, 2.24) is 26.2 Å². The van der Waals surface area contributed by atoms with Crippen LogP contribution in [0.25, 0.3) is 0 Å². The monoisotopic (exact) mass is 911 g/mol. The lowest BCUT2D eigenvalue weighted by atomic mass is 9.84. The Labute approximate surface area is 381 Å². The van der Waals surface area contributed by atoms with Crippen LogP contribution in [0.15, 0.2) is 24.3 Å². The summed E-state index contributed by atoms with van der Waals surface area (Å²) in [4.78, 5) is 148. The molecular weight excluding hydrogens is 841 g/mol. The molecule has 18 heteroatoms. The van der Waals surface area contributed by atoms with Crippen molar-refractivity contribution in [1.29, 1.82) is 0 Å². The number of likely N-dealkylation sites (N-methyl/N-ethyl adjacent to an activating group) is 1. The second kappa shape index (κ2) is 26.9. The minimum atomic E-state index is -1.54. The molecule has 0 saturated carbocycles. The number of rotatable bonds is 17. The Kier molecular flexibility index (Phi) is 22.9. The summed E-state index contributed by atoms with van der Waals surface area (Å²) in [5, 5.41) is 20.3. The van der Waals surface area contributed by atoms with Crippen LogP contribution >= 0.6 is 0 Å². The largest absolute Gasteiger partial charge is 0.508 e. The number of nitrogens with two attached hydrogens (primary N) is 1. The maximum absolute atomic E-state index is 14.1. The van der Waals surface area contributed by atoms with Gasteiger partial charge in [0.15, 0.2) is 23.1 Å². The second-order valence-corrected chi connectivity index (χ2v) is 18.3. The lowest BCUT2D eigenvalue weighted by Crippen LogP contribution is -2.51. The third kappa shape index (κ3) is 19.5. The van der Waals surface area contributed by atoms with Crippen LogP contribution in [0.3, 0.4) is 0 Å². The maximum Gasteiger partial charge on any atom is 0.226 e. The number of hydrogen-bond donors (Lipinski definition) is 6. The SMILES string of the molecule is CC[C@H](C)[C@@H]1NC(=O)[C@H](Cc2ccc(O)cc2)CC(=O)CNC(=O)CC[C@@H](C(=O)N(C)CC(=O)C[C@@H](CC(C)C)C(=O)NCC(C)=O)CC(=O)[C@H](CC(N)=O)NC(=O)[C@H](C(C)C)CC1=O. The predicted octanol–water partition coefficient (Wildman–Crippen LogP) is 1.90. The Bertz CT molecular complexity index is 1900. The summed E-state index contributed by atoms with van der Waals surface area (Å²) < 4.78 is 0. The number of amides is 6. The van der Waals surface area contributed by atoms with Crippen molar-refractivity contribution < 1.29 is 57.8 Å². The van der Waals surface area contributed by atoms with Crippen LogP contribution in [0.4, 0.5) is 0 Å². The van der Waals surface area contributed by atoms with Crippen molar-refractivity contribution in [2.75, 3.05) is 26.7 Å². The second-order valence-electron chi connectivity index (χ2n) is 18.3. The predicted molar refractivity (Wildman–Crippen MR) is 239 cm³/mol. The molecule has 1 fully saturated rings. The fourth-order valence-electron chi connectivity index (χ4n) is 7.76. The van der Waals surface area contributed by atoms with Crippen molar-refractivity contribution >= 4 is 64.4 Å². The number of aromatic hydroxyl groups is 1. The first kappa shape index (κ1) is 55.3. The smallest absolute Gasteiger partial charge is 0.226 e. The van der Waals surface area contributed by atoms with Gasteiger partial charge in [-0.2, -0.15) is 0 Å². The lowest BCUT2D eigenvalue weighted by molar-refractivity contribution is -0.141. The number of hydrogen-bond acceptors (Lipinski definition) is 12. The molecule has 1 aliphatic rings. The zero-order valence-electron chi connectivity index (χ0n) is 39.2. The molecule has 1 aromatic carbocycles. The minimum absolute atomic E-state index is 0.00639. The van der Waals surface area contributed by atoms with E-state index >= 15 is 0 Å². The van der Waals surface area contributed by atoms with Crippen LogP contribution in [0.5, 0.6) is 5.75 Å². The number of Topliss-reactive ketones (excluding diaryl/α,β-unsaturated/α-hetero) is 5. The number of benzene rings is 1. The van der Waals surface area contributed by atoms with E-state index in [1.54, 1.807) is 32.9 Å². The molecule has 0 aliphatic carbocycles. The first-order valence-electron chi connectivity index (χ1n) is 22.5. The van der Waals surface area contributed by atoms with E-state index in [1.165, 1.54) is 26.1 Å². The Morgan fingerprint density at radius 2 is 1.54 bits per heavy atom. The molecule has 18 nitrogen and oxygen atoms in total. The summed E-state index contributed by atoms with van der Waals surface area (Å²) in [6.45, 7) is 10.8. The standard InChI is InChI=1S/C47H70N6O12/c1-9-28(6)43-40(59)21-37(27(4)5)46(64)51-38(22-41(48)60)39(58)20-31(47(65)53(8)25-36(57)19-32(16-26(2)3)44(62)50-23-29(7)54)12-15-42(61)49-24-35(56)18-33(45(63)52-43)17-30-10-13-34(55)14-11-30/h10-11,13-14,26-28,31-33,37-38,43,55H,9,12,15-25H2,1-8H3,(H2,48,60)(H,49,61)(H,50,62)(H,51,64)(H,52,63)/t28-,31+,32+,33+,37-,38-,43-/m0/s1. The Hall–Kier alpha value is -5.81. The lowest BCUT2D eigenvalue weighted by Gasteiger charge is -2.29. The summed E-state index contributed by atoms with van der Waals surface area (Å²) in [5.41, 5.74) is 6.13. The van der Waals surface area contributed by atoms with Crippen LogP contribution in [-0.4, -0.2) is 113 Å². The molecule has 1 aliphatic heterocycles. The Balaban J connectivity index is 2.55. The molecule has 0 unspecified atom stereocenters. The maximum atomic E-state index is 14.1. The van der Waals surface area contributed by atoms with Crippen LogP contribution < -0.4 is 27.0 Å². The fourth-order valence-corrected chi connectivity index (χ4v) is 7.76. The molecule has 7 atom stereocenters. The normalized spacial score (nSPS) is 22.0. The van der Waals surface area contributed by atoms with Gasteiger partial charge in [0, 0.05) is 62.8 Å². The van der Waals surface area contributed by atoms with E-state index in [0.717, 1.165) is 4.90 Å². The summed E-state index contributed by atoms with van der Waals surface area (Å²) in [6, 6.07) is 3.44. The van der Waals surface area contributed by atoms with Crippen molar-refractivity contribution in [2.45, 2.75) is 125 Å². The summed E-state index contributed by atoms with van der Waals surface area (Å²) >= 11 is 0. The molecule has 6 amide bonds. The van der Waals surface area contributed by atoms with Crippen LogP contribution in [0.1, 0.15) is 112 Å². The first-order valence-corrected chi connectivity index (χ1v) is 22.5. The van der Waals surface area contributed by atoms with Gasteiger partial charge in [-0.3, -0.25) is 52.7 Å². The zero-order chi connectivity index (χ0) is 49.1. The van der Waals surface area contributed by atoms with Crippen molar-refractivity contribution in [3.05, 3.63) is 29.8 Å². The minimum Gasteiger partial charge on any atom is -0.508 e. The average molecular weight is 911 g/mol. The van der Waals surface area contributed by atoms with E-state index in [4.69, 9.17) is 5.73 Å². The van der Waals surface area contributed by atoms with Crippen molar-refractivity contribution in [2.24, 2.45) is 47.2 Å². The van der Waals surface area contributed by atoms with Crippen molar-refractivity contribution in [3.8, 4) is 5.75 Å². The Morgan fingerprint density at radius 3 is 2.11 bits per heavy atom. The van der Waals surface area contributed by atoms with Crippen molar-refractivity contribution in [3.63, 3.8) is 0 Å². The van der Waals surface area contributed by atoms with Gasteiger partial charge in [0.2, 0.25) is 35.4 Å². The van der Waals surface area contributed by atoms with Gasteiger partial charge < -0.3 is 37.0 Å². The number of phenolic OH excluding ortho intramolecular Hbond substituents is 1. The van der Waals surface area contributed by atoms with Gasteiger partial charge >= 0.3 is 0 Å². The number of phenols is 1. The van der Waals surface area contributed by atoms with Crippen LogP contribution in [0.2, 0.25) is 0 Å². The van der Waals surface area contributed by atoms with Gasteiger partial charge in [-0.25, -0.2) is 0 Å². The van der Waals surface area contributed by atoms with Gasteiger partial charge in [-0.15, -0.1) is 0 Å². The zero-order valence-corrected chi connectivity index (χ0v) is 39.2. The molecule has 0 aromatic heterocycles. The highest BCUT2D eigenvalue weighted by Gasteiger charge is 2.37. The van der Waals surface area contributed by atoms with Crippen LogP contribution in [-0.2, 0) is 59.2 Å². The topological polar surface area (TPSA) is 285 Å². The van der Waals surface area contributed by atoms with E-state index in [2.05, 4.69) is 21.3 Å². The van der Waals surface area contributed by atoms with E-state index in [9.17, 15) is 57.8 Å². The quantitative estimate of drug-likeness (QED) is 0.131. The van der Waals surface area contributed by atoms with Gasteiger partial charge in [-0.05, 0) is 61.6 Å². The highest BCUT2D eigenvalue weighted by atomic mass is 16.3. The third-order valence-corrected chi connectivity index (χ3v) is 11.7. The Morgan fingerprint density at radius 1 is 0.892 bits per heavy atom. The van der Waals surface area contributed by atoms with E-state index in [-0.39, 0.29) is 62.5 Å².